The summed E-state index contributed by atoms with van der Waals surface area (Å²) in [5, 5.41) is 6.23. The fourth-order valence-electron chi connectivity index (χ4n) is 1.33. The van der Waals surface area contributed by atoms with Gasteiger partial charge < -0.3 is 10.6 Å². The van der Waals surface area contributed by atoms with Crippen molar-refractivity contribution < 1.29 is 0 Å². The molecular formula is C11H13N3. The molecule has 3 nitrogen and oxygen atoms in total. The van der Waals surface area contributed by atoms with E-state index in [9.17, 15) is 0 Å². The molecule has 3 heteroatoms. The molecule has 1 aliphatic heterocycles. The lowest BCUT2D eigenvalue weighted by atomic mass is 10.2. The van der Waals surface area contributed by atoms with Crippen molar-refractivity contribution in [3.63, 3.8) is 0 Å². The molecule has 1 aliphatic rings. The van der Waals surface area contributed by atoms with Crippen molar-refractivity contribution in [2.24, 2.45) is 4.99 Å². The van der Waals surface area contributed by atoms with E-state index in [0.717, 1.165) is 17.1 Å². The molecule has 0 aliphatic carbocycles. The molecule has 0 unspecified atom stereocenters. The van der Waals surface area contributed by atoms with Crippen LogP contribution in [0.4, 0.5) is 0 Å². The highest BCUT2D eigenvalue weighted by Gasteiger charge is 2.05. The lowest BCUT2D eigenvalue weighted by Crippen LogP contribution is -2.27. The lowest BCUT2D eigenvalue weighted by molar-refractivity contribution is 0.883. The van der Waals surface area contributed by atoms with E-state index in [1.165, 1.54) is 0 Å². The lowest BCUT2D eigenvalue weighted by Gasteiger charge is -2.14. The Hall–Kier alpha value is -1.77. The smallest absolute Gasteiger partial charge is 0.132 e. The molecule has 0 spiro atoms. The predicted octanol–water partition coefficient (Wildman–Crippen LogP) is 1.10. The zero-order valence-electron chi connectivity index (χ0n) is 8.12. The van der Waals surface area contributed by atoms with E-state index in [1.807, 2.05) is 43.6 Å². The average Bonchev–Trinajstić information content (AvgIpc) is 2.30. The maximum atomic E-state index is 4.43. The summed E-state index contributed by atoms with van der Waals surface area (Å²) in [7, 11) is 1.90. The number of aliphatic imine (C=N–C) groups is 1. The van der Waals surface area contributed by atoms with Gasteiger partial charge in [-0.25, -0.2) is 0 Å². The number of benzene rings is 1. The predicted molar refractivity (Wildman–Crippen MR) is 58.1 cm³/mol. The Bertz CT molecular complexity index is 365. The van der Waals surface area contributed by atoms with E-state index in [1.54, 1.807) is 0 Å². The number of rotatable bonds is 2. The minimum Gasteiger partial charge on any atom is -0.389 e. The van der Waals surface area contributed by atoms with Crippen LogP contribution >= 0.6 is 0 Å². The second-order valence-electron chi connectivity index (χ2n) is 3.09. The summed E-state index contributed by atoms with van der Waals surface area (Å²) < 4.78 is 0. The van der Waals surface area contributed by atoms with Gasteiger partial charge in [0, 0.05) is 24.5 Å². The monoisotopic (exact) mass is 187 g/mol. The van der Waals surface area contributed by atoms with Crippen LogP contribution in [0.2, 0.25) is 0 Å². The van der Waals surface area contributed by atoms with Gasteiger partial charge in [-0.2, -0.15) is 0 Å². The highest BCUT2D eigenvalue weighted by molar-refractivity contribution is 5.99. The highest BCUT2D eigenvalue weighted by atomic mass is 15.0. The Morgan fingerprint density at radius 2 is 2.07 bits per heavy atom. The van der Waals surface area contributed by atoms with Gasteiger partial charge in [-0.15, -0.1) is 0 Å². The zero-order chi connectivity index (χ0) is 9.80. The van der Waals surface area contributed by atoms with E-state index >= 15 is 0 Å². The van der Waals surface area contributed by atoms with Gasteiger partial charge >= 0.3 is 0 Å². The van der Waals surface area contributed by atoms with Crippen LogP contribution in [0.3, 0.4) is 0 Å². The molecule has 1 aromatic carbocycles. The zero-order valence-corrected chi connectivity index (χ0v) is 8.12. The summed E-state index contributed by atoms with van der Waals surface area (Å²) in [5.41, 5.74) is 2.23. The first kappa shape index (κ1) is 8.81. The van der Waals surface area contributed by atoms with E-state index < -0.39 is 0 Å². The standard InChI is InChI=1S/C11H13N3/c1-12-10-7-13-11(14-8-10)9-5-3-2-4-6-9/h2-7,12H,8H2,1H3,(H,13,14). The Balaban J connectivity index is 2.13. The molecule has 1 aromatic rings. The van der Waals surface area contributed by atoms with Crippen molar-refractivity contribution in [2.75, 3.05) is 13.6 Å². The number of hydrogen-bond donors (Lipinski definition) is 2. The molecule has 0 bridgehead atoms. The minimum absolute atomic E-state index is 0.716. The number of nitrogens with one attached hydrogen (secondary N) is 2. The molecule has 0 saturated carbocycles. The Morgan fingerprint density at radius 3 is 2.64 bits per heavy atom. The van der Waals surface area contributed by atoms with E-state index in [-0.39, 0.29) is 0 Å². The quantitative estimate of drug-likeness (QED) is 0.727. The topological polar surface area (TPSA) is 36.4 Å². The maximum absolute atomic E-state index is 4.43. The molecule has 0 saturated heterocycles. The van der Waals surface area contributed by atoms with Crippen molar-refractivity contribution in [1.82, 2.24) is 10.6 Å². The van der Waals surface area contributed by atoms with Crippen LogP contribution in [0, 0.1) is 0 Å². The summed E-state index contributed by atoms with van der Waals surface area (Å²) in [6.45, 7) is 0.716. The van der Waals surface area contributed by atoms with Gasteiger partial charge in [0.15, 0.2) is 0 Å². The molecule has 0 aromatic heterocycles. The molecule has 0 fully saturated rings. The summed E-state index contributed by atoms with van der Waals surface area (Å²) in [4.78, 5) is 4.43. The number of amidine groups is 1. The summed E-state index contributed by atoms with van der Waals surface area (Å²) in [6, 6.07) is 10.1. The molecule has 14 heavy (non-hydrogen) atoms. The third-order valence-electron chi connectivity index (χ3n) is 2.16. The highest BCUT2D eigenvalue weighted by Crippen LogP contribution is 2.03. The molecule has 1 heterocycles. The van der Waals surface area contributed by atoms with Crippen LogP contribution in [0.25, 0.3) is 0 Å². The fraction of sp³-hybridized carbons (Fsp3) is 0.182. The summed E-state index contributed by atoms with van der Waals surface area (Å²) in [5.74, 6) is 0.935. The van der Waals surface area contributed by atoms with Gasteiger partial charge in [0.2, 0.25) is 0 Å². The molecule has 72 valence electrons. The van der Waals surface area contributed by atoms with Gasteiger partial charge in [0.25, 0.3) is 0 Å². The normalized spacial score (nSPS) is 15.2. The average molecular weight is 187 g/mol. The van der Waals surface area contributed by atoms with Crippen LogP contribution in [-0.2, 0) is 0 Å². The maximum Gasteiger partial charge on any atom is 0.132 e. The number of likely N-dealkylation sites (N-methyl/N-ethyl adjacent to an activating group) is 1. The second-order valence-corrected chi connectivity index (χ2v) is 3.09. The van der Waals surface area contributed by atoms with Gasteiger partial charge in [-0.05, 0) is 0 Å². The molecule has 0 amide bonds. The molecular weight excluding hydrogens is 174 g/mol. The van der Waals surface area contributed by atoms with Crippen molar-refractivity contribution in [2.45, 2.75) is 0 Å². The first-order valence-electron chi connectivity index (χ1n) is 4.63. The van der Waals surface area contributed by atoms with E-state index in [2.05, 4.69) is 15.6 Å². The largest absolute Gasteiger partial charge is 0.389 e. The molecule has 2 N–H and O–H groups in total. The fourth-order valence-corrected chi connectivity index (χ4v) is 1.33. The van der Waals surface area contributed by atoms with Crippen molar-refractivity contribution in [3.05, 3.63) is 47.8 Å². The van der Waals surface area contributed by atoms with E-state index in [4.69, 9.17) is 0 Å². The second kappa shape index (κ2) is 3.96. The van der Waals surface area contributed by atoms with Crippen molar-refractivity contribution in [1.29, 1.82) is 0 Å². The van der Waals surface area contributed by atoms with Gasteiger partial charge in [0.05, 0.1) is 6.54 Å². The van der Waals surface area contributed by atoms with Crippen LogP contribution < -0.4 is 10.6 Å². The van der Waals surface area contributed by atoms with E-state index in [0.29, 0.717) is 6.54 Å². The third kappa shape index (κ3) is 1.76. The Morgan fingerprint density at radius 1 is 1.29 bits per heavy atom. The summed E-state index contributed by atoms with van der Waals surface area (Å²) in [6.07, 6.45) is 1.95. The van der Waals surface area contributed by atoms with Gasteiger partial charge in [-0.1, -0.05) is 30.3 Å². The third-order valence-corrected chi connectivity index (χ3v) is 2.16. The minimum atomic E-state index is 0.716. The SMILES string of the molecule is CNC1=CNC(c2ccccc2)=NC1. The molecule has 0 atom stereocenters. The van der Waals surface area contributed by atoms with Gasteiger partial charge in [0.1, 0.15) is 5.84 Å². The molecule has 2 rings (SSSR count). The summed E-state index contributed by atoms with van der Waals surface area (Å²) >= 11 is 0. The number of nitrogens with zero attached hydrogens (tertiary/aromatic N) is 1. The first-order valence-corrected chi connectivity index (χ1v) is 4.63. The van der Waals surface area contributed by atoms with Crippen LogP contribution in [0.15, 0.2) is 47.2 Å². The Labute approximate surface area is 83.6 Å². The van der Waals surface area contributed by atoms with Crippen molar-refractivity contribution >= 4 is 5.84 Å². The van der Waals surface area contributed by atoms with Gasteiger partial charge in [-0.3, -0.25) is 4.99 Å². The Kier molecular flexibility index (Phi) is 2.49. The molecule has 0 radical (unpaired) electrons. The number of hydrogen-bond acceptors (Lipinski definition) is 3. The van der Waals surface area contributed by atoms with Crippen LogP contribution in [0.5, 0.6) is 0 Å². The first-order chi connectivity index (χ1) is 6.90. The van der Waals surface area contributed by atoms with Crippen LogP contribution in [0.1, 0.15) is 5.56 Å². The van der Waals surface area contributed by atoms with Crippen LogP contribution in [-0.4, -0.2) is 19.4 Å². The van der Waals surface area contributed by atoms with Crippen molar-refractivity contribution in [3.8, 4) is 0 Å².